The molecule has 2 aromatic rings. The van der Waals surface area contributed by atoms with Crippen molar-refractivity contribution < 1.29 is 63.2 Å². The molecule has 14 atom stereocenters. The number of hydrogen-bond donors (Lipinski definition) is 4. The van der Waals surface area contributed by atoms with Crippen molar-refractivity contribution in [1.82, 2.24) is 0 Å². The number of hydrogen-bond acceptors (Lipinski definition) is 11. The van der Waals surface area contributed by atoms with Gasteiger partial charge in [-0.2, -0.15) is 0 Å². The van der Waals surface area contributed by atoms with Crippen LogP contribution in [-0.4, -0.2) is 100 Å². The molecule has 0 bridgehead atoms. The lowest BCUT2D eigenvalue weighted by Gasteiger charge is -2.39. The first-order valence-electron chi connectivity index (χ1n) is 20.9. The van der Waals surface area contributed by atoms with Crippen molar-refractivity contribution in [2.24, 2.45) is 17.8 Å². The standard InChI is InChI=1S/C19H28O5.C14H20O3.C12H22O5/c1-13-11-17(22-12-16-7-5-4-6-8-16)15(3)24-19(13)23-14(2)9-10-18(20)21;1-10-8-13(11(2)17-14(10)15)16-9-12-6-4-3-5-7-12;1-7-6-10(13)9(3)17-12(7)16-8(2)4-5-11(14)15/h4-8,13-15,17,19H,9-12H2,1-3H3,(H,20,21);3-7,10-11,13-15H,8-9H2,1-2H3;7-10,12-13H,4-6H2,1-3H3,(H,14,15)/t13-,14+,15?,17+,19+;10-,11?,13+,14?;7-,8+,9?,10+,12+/m111/s1. The summed E-state index contributed by atoms with van der Waals surface area (Å²) < 4.78 is 40.4. The van der Waals surface area contributed by atoms with Crippen LogP contribution in [0.2, 0.25) is 0 Å². The van der Waals surface area contributed by atoms with E-state index < -0.39 is 24.3 Å². The van der Waals surface area contributed by atoms with Crippen molar-refractivity contribution in [2.75, 3.05) is 0 Å². The Balaban J connectivity index is 0.000000238. The zero-order valence-corrected chi connectivity index (χ0v) is 35.7. The number of carbonyl (C=O) groups is 2. The number of carboxylic acids is 2. The van der Waals surface area contributed by atoms with Crippen LogP contribution in [0.15, 0.2) is 60.7 Å². The Bertz CT molecular complexity index is 1430. The van der Waals surface area contributed by atoms with Crippen molar-refractivity contribution in [3.8, 4) is 0 Å². The summed E-state index contributed by atoms with van der Waals surface area (Å²) in [4.78, 5) is 21.1. The first kappa shape index (κ1) is 49.4. The molecule has 13 nitrogen and oxygen atoms in total. The van der Waals surface area contributed by atoms with Gasteiger partial charge in [0.15, 0.2) is 18.9 Å². The Morgan fingerprint density at radius 2 is 1.00 bits per heavy atom. The van der Waals surface area contributed by atoms with Crippen LogP contribution in [0, 0.1) is 17.8 Å². The fourth-order valence-corrected chi connectivity index (χ4v) is 6.88. The van der Waals surface area contributed by atoms with E-state index in [4.69, 9.17) is 43.4 Å². The molecule has 2 aromatic carbocycles. The summed E-state index contributed by atoms with van der Waals surface area (Å²) >= 11 is 0. The maximum Gasteiger partial charge on any atom is 0.303 e. The van der Waals surface area contributed by atoms with E-state index in [0.29, 0.717) is 32.5 Å². The second-order valence-electron chi connectivity index (χ2n) is 16.3. The number of aliphatic hydroxyl groups is 2. The van der Waals surface area contributed by atoms with Crippen molar-refractivity contribution in [2.45, 2.75) is 181 Å². The maximum absolute atomic E-state index is 10.6. The van der Waals surface area contributed by atoms with Crippen LogP contribution in [-0.2, 0) is 56.0 Å². The van der Waals surface area contributed by atoms with Crippen molar-refractivity contribution in [1.29, 1.82) is 0 Å². The molecule has 3 fully saturated rings. The van der Waals surface area contributed by atoms with Gasteiger partial charge in [0.05, 0.1) is 62.0 Å². The molecule has 4 unspecified atom stereocenters. The third-order valence-corrected chi connectivity index (χ3v) is 10.8. The molecule has 0 spiro atoms. The normalized spacial score (nSPS) is 32.0. The van der Waals surface area contributed by atoms with Crippen molar-refractivity contribution in [3.63, 3.8) is 0 Å². The monoisotopic (exact) mass is 818 g/mol. The van der Waals surface area contributed by atoms with Crippen LogP contribution < -0.4 is 0 Å². The maximum atomic E-state index is 10.6. The van der Waals surface area contributed by atoms with E-state index in [2.05, 4.69) is 6.92 Å². The zero-order valence-electron chi connectivity index (χ0n) is 35.7. The fraction of sp³-hybridized carbons (Fsp3) is 0.689. The Morgan fingerprint density at radius 3 is 1.45 bits per heavy atom. The highest BCUT2D eigenvalue weighted by Crippen LogP contribution is 2.31. The van der Waals surface area contributed by atoms with Gasteiger partial charge in [-0.1, -0.05) is 81.4 Å². The highest BCUT2D eigenvalue weighted by molar-refractivity contribution is 5.66. The minimum atomic E-state index is -0.818. The second-order valence-corrected chi connectivity index (χ2v) is 16.3. The molecule has 3 aliphatic rings. The van der Waals surface area contributed by atoms with Gasteiger partial charge in [0.2, 0.25) is 0 Å². The number of rotatable bonds is 16. The SMILES string of the molecule is CC1OC(O)[C@H](C)C[C@@H]1OCc1ccccc1.CC1O[C@H](O[C@@H](C)CCC(=O)O)[C@H](C)C[C@@H]1O.CC1O[C@H](O[C@@H](C)CCC(=O)O)[C@H](C)C[C@@H]1OCc1ccccc1. The smallest absolute Gasteiger partial charge is 0.303 e. The van der Waals surface area contributed by atoms with Crippen LogP contribution in [0.25, 0.3) is 0 Å². The number of aliphatic carboxylic acids is 2. The first-order valence-corrected chi connectivity index (χ1v) is 20.9. The topological polar surface area (TPSA) is 180 Å². The van der Waals surface area contributed by atoms with Gasteiger partial charge >= 0.3 is 11.9 Å². The van der Waals surface area contributed by atoms with E-state index in [1.54, 1.807) is 0 Å². The van der Waals surface area contributed by atoms with Crippen LogP contribution in [0.4, 0.5) is 0 Å². The second kappa shape index (κ2) is 25.6. The zero-order chi connectivity index (χ0) is 42.8. The Labute approximate surface area is 345 Å². The summed E-state index contributed by atoms with van der Waals surface area (Å²) in [5.74, 6) is -1.16. The summed E-state index contributed by atoms with van der Waals surface area (Å²) in [6.07, 6.45) is 1.25. The van der Waals surface area contributed by atoms with E-state index in [1.807, 2.05) is 109 Å². The largest absolute Gasteiger partial charge is 0.481 e. The van der Waals surface area contributed by atoms with E-state index in [0.717, 1.165) is 18.4 Å². The predicted molar refractivity (Wildman–Crippen MR) is 217 cm³/mol. The molecule has 3 heterocycles. The molecule has 0 saturated carbocycles. The number of aliphatic hydroxyl groups excluding tert-OH is 2. The average Bonchev–Trinajstić information content (AvgIpc) is 3.18. The summed E-state index contributed by atoms with van der Waals surface area (Å²) in [7, 11) is 0. The van der Waals surface area contributed by atoms with E-state index in [-0.39, 0.29) is 85.9 Å². The van der Waals surface area contributed by atoms with E-state index >= 15 is 0 Å². The molecular formula is C45H70O13. The van der Waals surface area contributed by atoms with E-state index in [9.17, 15) is 19.8 Å². The van der Waals surface area contributed by atoms with Gasteiger partial charge in [-0.15, -0.1) is 0 Å². The number of benzene rings is 2. The van der Waals surface area contributed by atoms with Crippen molar-refractivity contribution >= 4 is 11.9 Å². The molecule has 58 heavy (non-hydrogen) atoms. The molecule has 0 aliphatic carbocycles. The third-order valence-electron chi connectivity index (χ3n) is 10.8. The average molecular weight is 819 g/mol. The molecule has 3 saturated heterocycles. The summed E-state index contributed by atoms with van der Waals surface area (Å²) in [6.45, 7) is 16.7. The minimum absolute atomic E-state index is 0.0365. The van der Waals surface area contributed by atoms with Crippen LogP contribution in [0.1, 0.15) is 111 Å². The Morgan fingerprint density at radius 1 is 0.603 bits per heavy atom. The molecule has 0 radical (unpaired) electrons. The molecule has 5 rings (SSSR count). The molecular weight excluding hydrogens is 748 g/mol. The lowest BCUT2D eigenvalue weighted by atomic mass is 9.96. The number of carboxylic acid groups (broad SMARTS) is 2. The van der Waals surface area contributed by atoms with Gasteiger partial charge < -0.3 is 53.6 Å². The molecule has 13 heteroatoms. The minimum Gasteiger partial charge on any atom is -0.481 e. The van der Waals surface area contributed by atoms with Crippen LogP contribution in [0.5, 0.6) is 0 Å². The van der Waals surface area contributed by atoms with Gasteiger partial charge in [-0.25, -0.2) is 0 Å². The van der Waals surface area contributed by atoms with Crippen LogP contribution >= 0.6 is 0 Å². The lowest BCUT2D eigenvalue weighted by molar-refractivity contribution is -0.262. The highest BCUT2D eigenvalue weighted by atomic mass is 16.7. The van der Waals surface area contributed by atoms with Gasteiger partial charge in [0.1, 0.15) is 0 Å². The molecule has 328 valence electrons. The molecule has 0 aromatic heterocycles. The fourth-order valence-electron chi connectivity index (χ4n) is 6.88. The van der Waals surface area contributed by atoms with Gasteiger partial charge in [0.25, 0.3) is 0 Å². The highest BCUT2D eigenvalue weighted by Gasteiger charge is 2.36. The van der Waals surface area contributed by atoms with Crippen molar-refractivity contribution in [3.05, 3.63) is 71.8 Å². The van der Waals surface area contributed by atoms with E-state index in [1.165, 1.54) is 5.56 Å². The molecule has 0 amide bonds. The molecule has 4 N–H and O–H groups in total. The third kappa shape index (κ3) is 18.1. The quantitative estimate of drug-likeness (QED) is 0.132. The van der Waals surface area contributed by atoms with Gasteiger partial charge in [0, 0.05) is 30.6 Å². The lowest BCUT2D eigenvalue weighted by Crippen LogP contribution is -2.45. The summed E-state index contributed by atoms with van der Waals surface area (Å²) in [5.41, 5.74) is 2.32. The Hall–Kier alpha value is -2.98. The van der Waals surface area contributed by atoms with Crippen LogP contribution in [0.3, 0.4) is 0 Å². The summed E-state index contributed by atoms with van der Waals surface area (Å²) in [5, 5.41) is 36.5. The number of ether oxygens (including phenoxy) is 7. The van der Waals surface area contributed by atoms with Gasteiger partial charge in [-0.05, 0) is 77.8 Å². The summed E-state index contributed by atoms with van der Waals surface area (Å²) in [6, 6.07) is 20.2. The Kier molecular flexibility index (Phi) is 21.8. The predicted octanol–water partition coefficient (Wildman–Crippen LogP) is 7.34. The first-order chi connectivity index (χ1) is 27.5. The molecule has 3 aliphatic heterocycles. The van der Waals surface area contributed by atoms with Gasteiger partial charge in [-0.3, -0.25) is 9.59 Å².